The van der Waals surface area contributed by atoms with Crippen molar-refractivity contribution in [1.29, 1.82) is 0 Å². The van der Waals surface area contributed by atoms with Crippen LogP contribution in [0.5, 0.6) is 0 Å². The van der Waals surface area contributed by atoms with Crippen molar-refractivity contribution < 1.29 is 4.79 Å². The first-order valence-electron chi connectivity index (χ1n) is 6.85. The van der Waals surface area contributed by atoms with Crippen molar-refractivity contribution >= 4 is 5.78 Å². The van der Waals surface area contributed by atoms with Gasteiger partial charge in [0.05, 0.1) is 5.69 Å². The molecule has 2 heteroatoms. The zero-order valence-electron chi connectivity index (χ0n) is 11.4. The van der Waals surface area contributed by atoms with Gasteiger partial charge in [0.2, 0.25) is 0 Å². The molecule has 0 radical (unpaired) electrons. The van der Waals surface area contributed by atoms with Crippen molar-refractivity contribution in [3.05, 3.63) is 23.5 Å². The second-order valence-corrected chi connectivity index (χ2v) is 5.00. The standard InChI is InChI=1S/C15H25NO/c1-4-5-6-7-8-9-13(3)15(17)14-12(2)10-11-16-14/h10-11,13,16H,4-9H2,1-3H3. The summed E-state index contributed by atoms with van der Waals surface area (Å²) in [5.41, 5.74) is 1.86. The van der Waals surface area contributed by atoms with E-state index in [9.17, 15) is 4.79 Å². The predicted octanol–water partition coefficient (Wildman–Crippen LogP) is 4.50. The zero-order valence-corrected chi connectivity index (χ0v) is 11.4. The Morgan fingerprint density at radius 2 is 2.00 bits per heavy atom. The van der Waals surface area contributed by atoms with Gasteiger partial charge < -0.3 is 4.98 Å². The van der Waals surface area contributed by atoms with E-state index in [1.165, 1.54) is 32.1 Å². The van der Waals surface area contributed by atoms with Crippen molar-refractivity contribution in [2.45, 2.75) is 59.3 Å². The Hall–Kier alpha value is -1.05. The number of ketones is 1. The topological polar surface area (TPSA) is 32.9 Å². The number of aryl methyl sites for hydroxylation is 1. The first kappa shape index (κ1) is 14.0. The van der Waals surface area contributed by atoms with Crippen molar-refractivity contribution in [3.63, 3.8) is 0 Å². The molecular weight excluding hydrogens is 210 g/mol. The van der Waals surface area contributed by atoms with Crippen LogP contribution in [0.15, 0.2) is 12.3 Å². The molecule has 0 amide bonds. The molecule has 0 aliphatic heterocycles. The number of aromatic amines is 1. The molecule has 17 heavy (non-hydrogen) atoms. The minimum atomic E-state index is 0.147. The van der Waals surface area contributed by atoms with E-state index in [0.717, 1.165) is 17.7 Å². The molecule has 0 aromatic carbocycles. The number of Topliss-reactive ketones (excluding diaryl/α,β-unsaturated/α-hetero) is 1. The lowest BCUT2D eigenvalue weighted by atomic mass is 9.95. The maximum Gasteiger partial charge on any atom is 0.182 e. The molecule has 0 bridgehead atoms. The Kier molecular flexibility index (Phi) is 6.03. The van der Waals surface area contributed by atoms with Crippen LogP contribution in [-0.4, -0.2) is 10.8 Å². The summed E-state index contributed by atoms with van der Waals surface area (Å²) in [6.07, 6.45) is 9.19. The first-order valence-corrected chi connectivity index (χ1v) is 6.85. The molecule has 0 aliphatic rings. The highest BCUT2D eigenvalue weighted by Crippen LogP contribution is 2.17. The Balaban J connectivity index is 2.30. The van der Waals surface area contributed by atoms with E-state index in [0.29, 0.717) is 0 Å². The maximum absolute atomic E-state index is 12.1. The van der Waals surface area contributed by atoms with Crippen LogP contribution in [0.25, 0.3) is 0 Å². The third-order valence-corrected chi connectivity index (χ3v) is 3.39. The number of rotatable bonds is 8. The molecule has 0 fully saturated rings. The van der Waals surface area contributed by atoms with E-state index in [1.807, 2.05) is 26.1 Å². The Morgan fingerprint density at radius 3 is 2.59 bits per heavy atom. The predicted molar refractivity (Wildman–Crippen MR) is 72.4 cm³/mol. The number of hydrogen-bond donors (Lipinski definition) is 1. The zero-order chi connectivity index (χ0) is 12.7. The van der Waals surface area contributed by atoms with E-state index in [1.54, 1.807) is 0 Å². The molecule has 0 aliphatic carbocycles. The molecule has 1 N–H and O–H groups in total. The van der Waals surface area contributed by atoms with Crippen LogP contribution < -0.4 is 0 Å². The van der Waals surface area contributed by atoms with E-state index in [4.69, 9.17) is 0 Å². The normalized spacial score (nSPS) is 12.6. The monoisotopic (exact) mass is 235 g/mol. The lowest BCUT2D eigenvalue weighted by Gasteiger charge is -2.09. The lowest BCUT2D eigenvalue weighted by molar-refractivity contribution is 0.0917. The number of aromatic nitrogens is 1. The first-order chi connectivity index (χ1) is 8.16. The molecule has 0 spiro atoms. The van der Waals surface area contributed by atoms with Gasteiger partial charge in [0, 0.05) is 12.1 Å². The van der Waals surface area contributed by atoms with Crippen LogP contribution in [0.4, 0.5) is 0 Å². The highest BCUT2D eigenvalue weighted by atomic mass is 16.1. The molecule has 1 rings (SSSR count). The summed E-state index contributed by atoms with van der Waals surface area (Å²) >= 11 is 0. The second kappa shape index (κ2) is 7.31. The summed E-state index contributed by atoms with van der Waals surface area (Å²) in [7, 11) is 0. The van der Waals surface area contributed by atoms with Crippen LogP contribution in [0.2, 0.25) is 0 Å². The van der Waals surface area contributed by atoms with Crippen molar-refractivity contribution in [1.82, 2.24) is 4.98 Å². The van der Waals surface area contributed by atoms with E-state index in [-0.39, 0.29) is 11.7 Å². The van der Waals surface area contributed by atoms with Crippen molar-refractivity contribution in [3.8, 4) is 0 Å². The summed E-state index contributed by atoms with van der Waals surface area (Å²) in [4.78, 5) is 15.2. The van der Waals surface area contributed by atoms with Gasteiger partial charge in [-0.3, -0.25) is 4.79 Å². The average Bonchev–Trinajstić information content (AvgIpc) is 2.74. The Bertz CT molecular complexity index is 340. The fourth-order valence-electron chi connectivity index (χ4n) is 2.14. The van der Waals surface area contributed by atoms with Gasteiger partial charge in [-0.2, -0.15) is 0 Å². The highest BCUT2D eigenvalue weighted by Gasteiger charge is 2.17. The Labute approximate surface area is 105 Å². The Morgan fingerprint density at radius 1 is 1.29 bits per heavy atom. The van der Waals surface area contributed by atoms with E-state index >= 15 is 0 Å². The lowest BCUT2D eigenvalue weighted by Crippen LogP contribution is -2.12. The van der Waals surface area contributed by atoms with E-state index < -0.39 is 0 Å². The largest absolute Gasteiger partial charge is 0.359 e. The molecule has 1 aromatic rings. The molecule has 0 saturated carbocycles. The van der Waals surface area contributed by atoms with Crippen LogP contribution in [0, 0.1) is 12.8 Å². The average molecular weight is 235 g/mol. The number of hydrogen-bond acceptors (Lipinski definition) is 1. The van der Waals surface area contributed by atoms with Gasteiger partial charge in [0.25, 0.3) is 0 Å². The number of H-pyrrole nitrogens is 1. The number of carbonyl (C=O) groups is 1. The fraction of sp³-hybridized carbons (Fsp3) is 0.667. The summed E-state index contributed by atoms with van der Waals surface area (Å²) < 4.78 is 0. The van der Waals surface area contributed by atoms with Crippen LogP contribution in [-0.2, 0) is 0 Å². The second-order valence-electron chi connectivity index (χ2n) is 5.00. The molecular formula is C15H25NO. The van der Waals surface area contributed by atoms with Crippen LogP contribution in [0.3, 0.4) is 0 Å². The molecule has 1 aromatic heterocycles. The summed E-state index contributed by atoms with van der Waals surface area (Å²) in [5, 5.41) is 0. The third-order valence-electron chi connectivity index (χ3n) is 3.39. The fourth-order valence-corrected chi connectivity index (χ4v) is 2.14. The van der Waals surface area contributed by atoms with Gasteiger partial charge in [-0.15, -0.1) is 0 Å². The summed E-state index contributed by atoms with van der Waals surface area (Å²) in [6, 6.07) is 1.96. The molecule has 1 heterocycles. The van der Waals surface area contributed by atoms with Gasteiger partial charge in [0.15, 0.2) is 5.78 Å². The van der Waals surface area contributed by atoms with Crippen molar-refractivity contribution in [2.75, 3.05) is 0 Å². The SMILES string of the molecule is CCCCCCCC(C)C(=O)c1[nH]ccc1C. The van der Waals surface area contributed by atoms with Gasteiger partial charge in [-0.1, -0.05) is 46.0 Å². The molecule has 1 unspecified atom stereocenters. The highest BCUT2D eigenvalue weighted by molar-refractivity contribution is 5.97. The molecule has 1 atom stereocenters. The van der Waals surface area contributed by atoms with Gasteiger partial charge in [0.1, 0.15) is 0 Å². The van der Waals surface area contributed by atoms with Gasteiger partial charge in [-0.05, 0) is 25.0 Å². The quantitative estimate of drug-likeness (QED) is 0.522. The smallest absolute Gasteiger partial charge is 0.182 e. The summed E-state index contributed by atoms with van der Waals surface area (Å²) in [5.74, 6) is 0.414. The molecule has 96 valence electrons. The molecule has 2 nitrogen and oxygen atoms in total. The van der Waals surface area contributed by atoms with Gasteiger partial charge in [-0.25, -0.2) is 0 Å². The number of carbonyl (C=O) groups excluding carboxylic acids is 1. The minimum absolute atomic E-state index is 0.147. The van der Waals surface area contributed by atoms with Gasteiger partial charge >= 0.3 is 0 Å². The summed E-state index contributed by atoms with van der Waals surface area (Å²) in [6.45, 7) is 6.25. The maximum atomic E-state index is 12.1. The molecule has 0 saturated heterocycles. The minimum Gasteiger partial charge on any atom is -0.359 e. The third kappa shape index (κ3) is 4.37. The van der Waals surface area contributed by atoms with Crippen LogP contribution >= 0.6 is 0 Å². The van der Waals surface area contributed by atoms with Crippen molar-refractivity contribution in [2.24, 2.45) is 5.92 Å². The number of nitrogens with one attached hydrogen (secondary N) is 1. The van der Waals surface area contributed by atoms with Crippen LogP contribution in [0.1, 0.15) is 68.4 Å². The number of unbranched alkanes of at least 4 members (excludes halogenated alkanes) is 4. The van der Waals surface area contributed by atoms with E-state index in [2.05, 4.69) is 11.9 Å².